The Hall–Kier alpha value is -3.02. The highest BCUT2D eigenvalue weighted by atomic mass is 16.5. The first-order chi connectivity index (χ1) is 11.2. The maximum atomic E-state index is 12.1. The molecule has 2 heterocycles. The highest BCUT2D eigenvalue weighted by molar-refractivity contribution is 5.98. The van der Waals surface area contributed by atoms with E-state index in [1.54, 1.807) is 48.4 Å². The minimum atomic E-state index is -0.161. The van der Waals surface area contributed by atoms with Crippen LogP contribution in [-0.4, -0.2) is 23.9 Å². The average molecular weight is 312 g/mol. The van der Waals surface area contributed by atoms with Crippen LogP contribution in [0.1, 0.15) is 16.1 Å². The van der Waals surface area contributed by atoms with Crippen molar-refractivity contribution in [1.29, 1.82) is 0 Å². The molecular weight excluding hydrogens is 296 g/mol. The number of methoxy groups -OCH3 is 1. The van der Waals surface area contributed by atoms with E-state index in [1.807, 2.05) is 6.07 Å². The van der Waals surface area contributed by atoms with Crippen LogP contribution in [0.3, 0.4) is 0 Å². The summed E-state index contributed by atoms with van der Waals surface area (Å²) >= 11 is 0. The molecule has 6 heteroatoms. The third kappa shape index (κ3) is 3.11. The molecule has 23 heavy (non-hydrogen) atoms. The summed E-state index contributed by atoms with van der Waals surface area (Å²) in [4.78, 5) is 23.3. The Balaban J connectivity index is 1.79. The molecule has 0 saturated heterocycles. The Kier molecular flexibility index (Phi) is 4.14. The number of fused-ring (bicyclic) bond motifs is 1. The zero-order chi connectivity index (χ0) is 16.2. The molecular formula is C17H16N2O4. The van der Waals surface area contributed by atoms with Gasteiger partial charge in [0.05, 0.1) is 19.9 Å². The lowest BCUT2D eigenvalue weighted by atomic mass is 10.2. The van der Waals surface area contributed by atoms with E-state index in [0.717, 1.165) is 17.2 Å². The summed E-state index contributed by atoms with van der Waals surface area (Å²) in [6, 6.07) is 8.98. The first kappa shape index (κ1) is 14.9. The maximum absolute atomic E-state index is 12.1. The molecule has 1 aromatic carbocycles. The standard InChI is InChI=1S/C17H16N2O4/c1-22-13-4-5-16-15(7-13)12(11-20)9-19(16)10-17(21)18-8-14-3-2-6-23-14/h2-7,9,11H,8,10H2,1H3,(H,18,21). The number of nitrogens with zero attached hydrogens (tertiary/aromatic N) is 1. The number of amides is 1. The summed E-state index contributed by atoms with van der Waals surface area (Å²) < 4.78 is 12.1. The quantitative estimate of drug-likeness (QED) is 0.709. The molecule has 1 amide bonds. The van der Waals surface area contributed by atoms with Gasteiger partial charge in [0.15, 0.2) is 6.29 Å². The number of nitrogens with one attached hydrogen (secondary N) is 1. The molecule has 0 unspecified atom stereocenters. The Morgan fingerprint density at radius 1 is 1.39 bits per heavy atom. The smallest absolute Gasteiger partial charge is 0.240 e. The summed E-state index contributed by atoms with van der Waals surface area (Å²) in [6.45, 7) is 0.455. The van der Waals surface area contributed by atoms with Gasteiger partial charge in [-0.05, 0) is 30.3 Å². The largest absolute Gasteiger partial charge is 0.497 e. The number of aromatic nitrogens is 1. The molecule has 1 N–H and O–H groups in total. The van der Waals surface area contributed by atoms with Crippen LogP contribution in [0.5, 0.6) is 5.75 Å². The summed E-state index contributed by atoms with van der Waals surface area (Å²) in [5.41, 5.74) is 1.33. The van der Waals surface area contributed by atoms with Crippen molar-refractivity contribution in [3.8, 4) is 5.75 Å². The third-order valence-corrected chi connectivity index (χ3v) is 3.60. The molecule has 0 aliphatic heterocycles. The second-order valence-corrected chi connectivity index (χ2v) is 5.07. The number of rotatable bonds is 6. The number of hydrogen-bond acceptors (Lipinski definition) is 4. The molecule has 0 fully saturated rings. The Bertz CT molecular complexity index is 834. The Morgan fingerprint density at radius 3 is 2.96 bits per heavy atom. The van der Waals surface area contributed by atoms with Crippen LogP contribution in [0.2, 0.25) is 0 Å². The number of furan rings is 1. The van der Waals surface area contributed by atoms with Crippen LogP contribution >= 0.6 is 0 Å². The van der Waals surface area contributed by atoms with E-state index < -0.39 is 0 Å². The van der Waals surface area contributed by atoms with Gasteiger partial charge in [-0.2, -0.15) is 0 Å². The number of benzene rings is 1. The monoisotopic (exact) mass is 312 g/mol. The summed E-state index contributed by atoms with van der Waals surface area (Å²) in [5, 5.41) is 3.54. The van der Waals surface area contributed by atoms with E-state index in [-0.39, 0.29) is 12.5 Å². The van der Waals surface area contributed by atoms with E-state index in [2.05, 4.69) is 5.32 Å². The van der Waals surface area contributed by atoms with Crippen molar-refractivity contribution in [3.05, 3.63) is 54.1 Å². The van der Waals surface area contributed by atoms with Crippen molar-refractivity contribution in [2.45, 2.75) is 13.1 Å². The molecule has 3 rings (SSSR count). The number of carbonyl (C=O) groups is 2. The van der Waals surface area contributed by atoms with Crippen LogP contribution in [0.15, 0.2) is 47.2 Å². The maximum Gasteiger partial charge on any atom is 0.240 e. The van der Waals surface area contributed by atoms with Crippen molar-refractivity contribution in [3.63, 3.8) is 0 Å². The molecule has 118 valence electrons. The minimum absolute atomic E-state index is 0.122. The fourth-order valence-electron chi connectivity index (χ4n) is 2.46. The number of ether oxygens (including phenoxy) is 1. The van der Waals surface area contributed by atoms with Crippen LogP contribution in [0.4, 0.5) is 0 Å². The van der Waals surface area contributed by atoms with Crippen molar-refractivity contribution >= 4 is 23.1 Å². The Morgan fingerprint density at radius 2 is 2.26 bits per heavy atom. The predicted octanol–water partition coefficient (Wildman–Crippen LogP) is 2.37. The van der Waals surface area contributed by atoms with Gasteiger partial charge in [0.2, 0.25) is 5.91 Å². The molecule has 2 aromatic heterocycles. The van der Waals surface area contributed by atoms with E-state index in [4.69, 9.17) is 9.15 Å². The first-order valence-electron chi connectivity index (χ1n) is 7.12. The molecule has 0 aliphatic rings. The van der Waals surface area contributed by atoms with E-state index in [1.165, 1.54) is 0 Å². The second kappa shape index (κ2) is 6.39. The van der Waals surface area contributed by atoms with Crippen molar-refractivity contribution in [2.24, 2.45) is 0 Å². The summed E-state index contributed by atoms with van der Waals surface area (Å²) in [6.07, 6.45) is 4.01. The van der Waals surface area contributed by atoms with Gasteiger partial charge in [-0.25, -0.2) is 0 Å². The molecule has 0 aliphatic carbocycles. The molecule has 3 aromatic rings. The molecule has 0 bridgehead atoms. The number of aldehydes is 1. The van der Waals surface area contributed by atoms with Crippen LogP contribution < -0.4 is 10.1 Å². The lowest BCUT2D eigenvalue weighted by Crippen LogP contribution is -2.26. The van der Waals surface area contributed by atoms with Gasteiger partial charge in [-0.15, -0.1) is 0 Å². The van der Waals surface area contributed by atoms with Crippen molar-refractivity contribution in [1.82, 2.24) is 9.88 Å². The molecule has 0 radical (unpaired) electrons. The van der Waals surface area contributed by atoms with Crippen molar-refractivity contribution < 1.29 is 18.7 Å². The number of hydrogen-bond donors (Lipinski definition) is 1. The van der Waals surface area contributed by atoms with E-state index in [9.17, 15) is 9.59 Å². The van der Waals surface area contributed by atoms with Gasteiger partial charge in [-0.1, -0.05) is 0 Å². The lowest BCUT2D eigenvalue weighted by molar-refractivity contribution is -0.121. The SMILES string of the molecule is COc1ccc2c(c1)c(C=O)cn2CC(=O)NCc1ccco1. The molecule has 0 saturated carbocycles. The minimum Gasteiger partial charge on any atom is -0.497 e. The van der Waals surface area contributed by atoms with Crippen LogP contribution in [0.25, 0.3) is 10.9 Å². The van der Waals surface area contributed by atoms with Gasteiger partial charge < -0.3 is 19.0 Å². The van der Waals surface area contributed by atoms with E-state index >= 15 is 0 Å². The highest BCUT2D eigenvalue weighted by Crippen LogP contribution is 2.25. The van der Waals surface area contributed by atoms with Gasteiger partial charge in [-0.3, -0.25) is 9.59 Å². The lowest BCUT2D eigenvalue weighted by Gasteiger charge is -2.07. The first-order valence-corrected chi connectivity index (χ1v) is 7.12. The second-order valence-electron chi connectivity index (χ2n) is 5.07. The van der Waals surface area contributed by atoms with Gasteiger partial charge in [0.1, 0.15) is 18.1 Å². The normalized spacial score (nSPS) is 10.7. The zero-order valence-corrected chi connectivity index (χ0v) is 12.6. The third-order valence-electron chi connectivity index (χ3n) is 3.60. The summed E-state index contributed by atoms with van der Waals surface area (Å²) in [7, 11) is 1.57. The van der Waals surface area contributed by atoms with Gasteiger partial charge >= 0.3 is 0 Å². The van der Waals surface area contributed by atoms with Crippen LogP contribution in [0, 0.1) is 0 Å². The fraction of sp³-hybridized carbons (Fsp3) is 0.176. The van der Waals surface area contributed by atoms with Gasteiger partial charge in [0, 0.05) is 22.7 Å². The average Bonchev–Trinajstić information content (AvgIpc) is 3.20. The molecule has 0 atom stereocenters. The van der Waals surface area contributed by atoms with Crippen molar-refractivity contribution in [2.75, 3.05) is 7.11 Å². The predicted molar refractivity (Wildman–Crippen MR) is 84.4 cm³/mol. The Labute approximate surface area is 132 Å². The van der Waals surface area contributed by atoms with E-state index in [0.29, 0.717) is 23.6 Å². The van der Waals surface area contributed by atoms with Crippen LogP contribution in [-0.2, 0) is 17.9 Å². The fourth-order valence-corrected chi connectivity index (χ4v) is 2.46. The summed E-state index contributed by atoms with van der Waals surface area (Å²) in [5.74, 6) is 1.20. The topological polar surface area (TPSA) is 73.5 Å². The molecule has 6 nitrogen and oxygen atoms in total. The van der Waals surface area contributed by atoms with Gasteiger partial charge in [0.25, 0.3) is 0 Å². The number of carbonyl (C=O) groups excluding carboxylic acids is 2. The molecule has 0 spiro atoms. The highest BCUT2D eigenvalue weighted by Gasteiger charge is 2.12. The zero-order valence-electron chi connectivity index (χ0n) is 12.6.